The van der Waals surface area contributed by atoms with Gasteiger partial charge in [0.15, 0.2) is 0 Å². The van der Waals surface area contributed by atoms with Crippen molar-refractivity contribution in [3.63, 3.8) is 0 Å². The molecule has 2 aromatic rings. The van der Waals surface area contributed by atoms with Gasteiger partial charge in [-0.2, -0.15) is 0 Å². The van der Waals surface area contributed by atoms with E-state index in [0.717, 1.165) is 36.1 Å². The highest BCUT2D eigenvalue weighted by molar-refractivity contribution is 7.99. The highest BCUT2D eigenvalue weighted by Crippen LogP contribution is 2.19. The molecule has 0 spiro atoms. The third-order valence-electron chi connectivity index (χ3n) is 3.29. The molecule has 0 radical (unpaired) electrons. The Labute approximate surface area is 140 Å². The number of aryl methyl sites for hydroxylation is 3. The van der Waals surface area contributed by atoms with Crippen molar-refractivity contribution >= 4 is 23.4 Å². The third kappa shape index (κ3) is 5.69. The van der Waals surface area contributed by atoms with Gasteiger partial charge in [0.25, 0.3) is 5.22 Å². The van der Waals surface area contributed by atoms with Crippen LogP contribution in [0.1, 0.15) is 29.9 Å². The van der Waals surface area contributed by atoms with Crippen molar-refractivity contribution in [3.8, 4) is 0 Å². The molecule has 0 saturated carbocycles. The smallest absolute Gasteiger partial charge is 0.277 e. The summed E-state index contributed by atoms with van der Waals surface area (Å²) in [5, 5.41) is 11.2. The first kappa shape index (κ1) is 17.5. The standard InChI is InChI=1S/C16H22N4O2S/c1-11-6-7-12(2)13(9-11)18-14(21)10-23-16-20-19-15(22-16)5-3-4-8-17/h6-7,9H,3-5,8,10,17H2,1-2H3,(H,18,21). The Kier molecular flexibility index (Phi) is 6.61. The van der Waals surface area contributed by atoms with Crippen LogP contribution in [0, 0.1) is 13.8 Å². The number of rotatable bonds is 8. The maximum Gasteiger partial charge on any atom is 0.277 e. The van der Waals surface area contributed by atoms with E-state index >= 15 is 0 Å². The molecule has 0 aliphatic heterocycles. The van der Waals surface area contributed by atoms with Gasteiger partial charge in [-0.1, -0.05) is 23.9 Å². The Morgan fingerprint density at radius 1 is 1.30 bits per heavy atom. The van der Waals surface area contributed by atoms with Gasteiger partial charge in [-0.15, -0.1) is 10.2 Å². The predicted molar refractivity (Wildman–Crippen MR) is 91.6 cm³/mol. The Bertz CT molecular complexity index is 657. The molecule has 124 valence electrons. The summed E-state index contributed by atoms with van der Waals surface area (Å²) in [6.45, 7) is 4.62. The molecule has 0 aliphatic rings. The minimum atomic E-state index is -0.0911. The maximum absolute atomic E-state index is 12.0. The summed E-state index contributed by atoms with van der Waals surface area (Å²) in [4.78, 5) is 12.0. The van der Waals surface area contributed by atoms with E-state index in [9.17, 15) is 4.79 Å². The molecule has 0 fully saturated rings. The lowest BCUT2D eigenvalue weighted by molar-refractivity contribution is -0.113. The van der Waals surface area contributed by atoms with Gasteiger partial charge in [0.2, 0.25) is 11.8 Å². The minimum Gasteiger partial charge on any atom is -0.416 e. The van der Waals surface area contributed by atoms with Crippen LogP contribution in [0.3, 0.4) is 0 Å². The molecule has 1 aromatic carbocycles. The molecule has 1 amide bonds. The SMILES string of the molecule is Cc1ccc(C)c(NC(=O)CSc2nnc(CCCCN)o2)c1. The van der Waals surface area contributed by atoms with Gasteiger partial charge >= 0.3 is 0 Å². The number of benzene rings is 1. The molecule has 0 aliphatic carbocycles. The number of aromatic nitrogens is 2. The lowest BCUT2D eigenvalue weighted by atomic mass is 10.1. The summed E-state index contributed by atoms with van der Waals surface area (Å²) in [6.07, 6.45) is 2.58. The van der Waals surface area contributed by atoms with Gasteiger partial charge in [-0.05, 0) is 50.4 Å². The first-order valence-electron chi connectivity index (χ1n) is 7.61. The molecule has 7 heteroatoms. The van der Waals surface area contributed by atoms with Crippen molar-refractivity contribution in [1.82, 2.24) is 10.2 Å². The molecule has 0 atom stereocenters. The van der Waals surface area contributed by atoms with E-state index in [2.05, 4.69) is 15.5 Å². The topological polar surface area (TPSA) is 94.0 Å². The van der Waals surface area contributed by atoms with Crippen molar-refractivity contribution in [2.75, 3.05) is 17.6 Å². The van der Waals surface area contributed by atoms with Crippen molar-refractivity contribution in [3.05, 3.63) is 35.2 Å². The second-order valence-electron chi connectivity index (χ2n) is 5.36. The zero-order valence-electron chi connectivity index (χ0n) is 13.5. The van der Waals surface area contributed by atoms with E-state index in [4.69, 9.17) is 10.2 Å². The molecule has 6 nitrogen and oxygen atoms in total. The van der Waals surface area contributed by atoms with E-state index in [1.807, 2.05) is 32.0 Å². The summed E-state index contributed by atoms with van der Waals surface area (Å²) >= 11 is 1.24. The summed E-state index contributed by atoms with van der Waals surface area (Å²) in [5.41, 5.74) is 8.43. The molecule has 1 heterocycles. The number of amides is 1. The Morgan fingerprint density at radius 3 is 2.91 bits per heavy atom. The van der Waals surface area contributed by atoms with Crippen LogP contribution in [0.4, 0.5) is 5.69 Å². The van der Waals surface area contributed by atoms with E-state index in [-0.39, 0.29) is 11.7 Å². The van der Waals surface area contributed by atoms with Crippen LogP contribution in [-0.4, -0.2) is 28.4 Å². The van der Waals surface area contributed by atoms with Gasteiger partial charge in [0, 0.05) is 12.1 Å². The molecule has 0 unspecified atom stereocenters. The van der Waals surface area contributed by atoms with Gasteiger partial charge < -0.3 is 15.5 Å². The first-order chi connectivity index (χ1) is 11.1. The summed E-state index contributed by atoms with van der Waals surface area (Å²) in [7, 11) is 0. The first-order valence-corrected chi connectivity index (χ1v) is 8.59. The highest BCUT2D eigenvalue weighted by Gasteiger charge is 2.10. The van der Waals surface area contributed by atoms with Gasteiger partial charge in [0.1, 0.15) is 0 Å². The van der Waals surface area contributed by atoms with Gasteiger partial charge in [-0.3, -0.25) is 4.79 Å². The van der Waals surface area contributed by atoms with Crippen LogP contribution in [0.5, 0.6) is 0 Å². The van der Waals surface area contributed by atoms with Crippen molar-refractivity contribution in [2.24, 2.45) is 5.73 Å². The minimum absolute atomic E-state index is 0.0911. The van der Waals surface area contributed by atoms with Gasteiger partial charge in [-0.25, -0.2) is 0 Å². The molecular formula is C16H22N4O2S. The zero-order chi connectivity index (χ0) is 16.7. The normalized spacial score (nSPS) is 10.7. The van der Waals surface area contributed by atoms with E-state index < -0.39 is 0 Å². The van der Waals surface area contributed by atoms with E-state index in [1.54, 1.807) is 0 Å². The molecule has 0 bridgehead atoms. The van der Waals surface area contributed by atoms with Crippen LogP contribution in [0.2, 0.25) is 0 Å². The largest absolute Gasteiger partial charge is 0.416 e. The van der Waals surface area contributed by atoms with E-state index in [1.165, 1.54) is 11.8 Å². The Morgan fingerprint density at radius 2 is 2.13 bits per heavy atom. The van der Waals surface area contributed by atoms with Crippen molar-refractivity contribution in [1.29, 1.82) is 0 Å². The number of unbranched alkanes of at least 4 members (excludes halogenated alkanes) is 1. The quantitative estimate of drug-likeness (QED) is 0.569. The number of carbonyl (C=O) groups is 1. The van der Waals surface area contributed by atoms with Crippen molar-refractivity contribution < 1.29 is 9.21 Å². The predicted octanol–water partition coefficient (Wildman–Crippen LogP) is 2.70. The van der Waals surface area contributed by atoms with Gasteiger partial charge in [0.05, 0.1) is 5.75 Å². The monoisotopic (exact) mass is 334 g/mol. The number of carbonyl (C=O) groups excluding carboxylic acids is 1. The number of nitrogens with two attached hydrogens (primary N) is 1. The van der Waals surface area contributed by atoms with E-state index in [0.29, 0.717) is 17.7 Å². The number of thioether (sulfide) groups is 1. The summed E-state index contributed by atoms with van der Waals surface area (Å²) in [5.74, 6) is 0.736. The number of anilines is 1. The lowest BCUT2D eigenvalue weighted by Gasteiger charge is -2.08. The third-order valence-corrected chi connectivity index (χ3v) is 4.11. The lowest BCUT2D eigenvalue weighted by Crippen LogP contribution is -2.14. The summed E-state index contributed by atoms with van der Waals surface area (Å²) in [6, 6.07) is 5.97. The molecule has 0 saturated heterocycles. The Balaban J connectivity index is 1.81. The highest BCUT2D eigenvalue weighted by atomic mass is 32.2. The van der Waals surface area contributed by atoms with Crippen LogP contribution < -0.4 is 11.1 Å². The molecule has 2 rings (SSSR count). The number of hydrogen-bond donors (Lipinski definition) is 2. The average Bonchev–Trinajstić information content (AvgIpc) is 2.97. The molecule has 3 N–H and O–H groups in total. The second kappa shape index (κ2) is 8.69. The molecule has 1 aromatic heterocycles. The van der Waals surface area contributed by atoms with Crippen LogP contribution >= 0.6 is 11.8 Å². The fraction of sp³-hybridized carbons (Fsp3) is 0.438. The second-order valence-corrected chi connectivity index (χ2v) is 6.29. The Hall–Kier alpha value is -1.86. The number of nitrogens with zero attached hydrogens (tertiary/aromatic N) is 2. The maximum atomic E-state index is 12.0. The fourth-order valence-corrected chi connectivity index (χ4v) is 2.58. The summed E-state index contributed by atoms with van der Waals surface area (Å²) < 4.78 is 5.49. The number of hydrogen-bond acceptors (Lipinski definition) is 6. The molecule has 23 heavy (non-hydrogen) atoms. The van der Waals surface area contributed by atoms with Crippen LogP contribution in [0.25, 0.3) is 0 Å². The van der Waals surface area contributed by atoms with Crippen LogP contribution in [-0.2, 0) is 11.2 Å². The number of nitrogens with one attached hydrogen (secondary N) is 1. The average molecular weight is 334 g/mol. The zero-order valence-corrected chi connectivity index (χ0v) is 14.3. The van der Waals surface area contributed by atoms with Crippen LogP contribution in [0.15, 0.2) is 27.8 Å². The molecular weight excluding hydrogens is 312 g/mol. The van der Waals surface area contributed by atoms with Crippen molar-refractivity contribution in [2.45, 2.75) is 38.3 Å². The fourth-order valence-electron chi connectivity index (χ4n) is 2.00.